The molecule has 0 unspecified atom stereocenters. The molecule has 0 saturated carbocycles. The Hall–Kier alpha value is -2.11. The van der Waals surface area contributed by atoms with Crippen molar-refractivity contribution in [3.8, 4) is 5.75 Å². The van der Waals surface area contributed by atoms with Crippen LogP contribution in [0.4, 0.5) is 4.39 Å². The van der Waals surface area contributed by atoms with Gasteiger partial charge in [-0.25, -0.2) is 4.39 Å². The van der Waals surface area contributed by atoms with Crippen LogP contribution < -0.4 is 4.74 Å². The summed E-state index contributed by atoms with van der Waals surface area (Å²) in [4.78, 5) is 27.9. The third kappa shape index (κ3) is 4.21. The van der Waals surface area contributed by atoms with E-state index in [2.05, 4.69) is 0 Å². The van der Waals surface area contributed by atoms with Gasteiger partial charge in [-0.1, -0.05) is 13.8 Å². The van der Waals surface area contributed by atoms with Crippen molar-refractivity contribution in [1.82, 2.24) is 9.80 Å². The molecule has 0 aliphatic carbocycles. The van der Waals surface area contributed by atoms with E-state index in [1.807, 2.05) is 13.8 Å². The van der Waals surface area contributed by atoms with E-state index < -0.39 is 5.82 Å². The Balaban J connectivity index is 1.96. The summed E-state index contributed by atoms with van der Waals surface area (Å²) < 4.78 is 18.6. The Kier molecular flexibility index (Phi) is 5.58. The molecule has 5 nitrogen and oxygen atoms in total. The van der Waals surface area contributed by atoms with Crippen LogP contribution in [0.1, 0.15) is 30.6 Å². The molecule has 1 heterocycles. The fraction of sp³-hybridized carbons (Fsp3) is 0.529. The number of methoxy groups -OCH3 is 1. The first kappa shape index (κ1) is 17.2. The third-order valence-corrected chi connectivity index (χ3v) is 3.90. The molecule has 1 aliphatic rings. The molecule has 1 aromatic rings. The Morgan fingerprint density at radius 1 is 1.17 bits per heavy atom. The van der Waals surface area contributed by atoms with Gasteiger partial charge in [0.15, 0.2) is 11.6 Å². The number of halogens is 1. The van der Waals surface area contributed by atoms with Gasteiger partial charge >= 0.3 is 0 Å². The van der Waals surface area contributed by atoms with E-state index in [9.17, 15) is 14.0 Å². The van der Waals surface area contributed by atoms with Gasteiger partial charge in [0.05, 0.1) is 7.11 Å². The maximum atomic E-state index is 13.7. The van der Waals surface area contributed by atoms with Gasteiger partial charge in [-0.05, 0) is 24.1 Å². The molecule has 126 valence electrons. The van der Waals surface area contributed by atoms with Crippen molar-refractivity contribution in [3.63, 3.8) is 0 Å². The summed E-state index contributed by atoms with van der Waals surface area (Å²) in [6.07, 6.45) is 0.525. The molecule has 0 atom stereocenters. The topological polar surface area (TPSA) is 49.9 Å². The van der Waals surface area contributed by atoms with Crippen molar-refractivity contribution in [1.29, 1.82) is 0 Å². The van der Waals surface area contributed by atoms with Crippen molar-refractivity contribution in [2.45, 2.75) is 20.3 Å². The number of nitrogens with zero attached hydrogens (tertiary/aromatic N) is 2. The number of hydrogen-bond donors (Lipinski definition) is 0. The summed E-state index contributed by atoms with van der Waals surface area (Å²) >= 11 is 0. The molecule has 0 N–H and O–H groups in total. The normalized spacial score (nSPS) is 15.0. The smallest absolute Gasteiger partial charge is 0.254 e. The average Bonchev–Trinajstić information content (AvgIpc) is 2.53. The number of hydrogen-bond acceptors (Lipinski definition) is 3. The first-order valence-corrected chi connectivity index (χ1v) is 7.83. The zero-order valence-electron chi connectivity index (χ0n) is 13.8. The van der Waals surface area contributed by atoms with Gasteiger partial charge in [0.1, 0.15) is 0 Å². The Morgan fingerprint density at radius 2 is 1.78 bits per heavy atom. The average molecular weight is 322 g/mol. The zero-order chi connectivity index (χ0) is 17.0. The van der Waals surface area contributed by atoms with E-state index in [-0.39, 0.29) is 17.6 Å². The van der Waals surface area contributed by atoms with Crippen LogP contribution in [0.5, 0.6) is 5.75 Å². The first-order valence-electron chi connectivity index (χ1n) is 7.83. The molecular weight excluding hydrogens is 299 g/mol. The highest BCUT2D eigenvalue weighted by molar-refractivity contribution is 5.94. The molecular formula is C17H23FN2O3. The van der Waals surface area contributed by atoms with E-state index in [0.717, 1.165) is 0 Å². The lowest BCUT2D eigenvalue weighted by Crippen LogP contribution is -2.50. The zero-order valence-corrected chi connectivity index (χ0v) is 13.8. The Morgan fingerprint density at radius 3 is 2.30 bits per heavy atom. The summed E-state index contributed by atoms with van der Waals surface area (Å²) in [7, 11) is 1.38. The lowest BCUT2D eigenvalue weighted by Gasteiger charge is -2.35. The molecule has 6 heteroatoms. The molecule has 0 spiro atoms. The minimum absolute atomic E-state index is 0.116. The van der Waals surface area contributed by atoms with Crippen LogP contribution in [0, 0.1) is 11.7 Å². The number of amides is 2. The molecule has 0 bridgehead atoms. The fourth-order valence-corrected chi connectivity index (χ4v) is 2.62. The van der Waals surface area contributed by atoms with Crippen LogP contribution in [-0.2, 0) is 4.79 Å². The number of ether oxygens (including phenoxy) is 1. The summed E-state index contributed by atoms with van der Waals surface area (Å²) in [6.45, 7) is 6.00. The largest absolute Gasteiger partial charge is 0.494 e. The number of piperazine rings is 1. The number of rotatable bonds is 4. The minimum atomic E-state index is -0.552. The SMILES string of the molecule is COc1ccc(C(=O)N2CCN(C(=O)CC(C)C)CC2)cc1F. The molecule has 0 radical (unpaired) electrons. The Bertz CT molecular complexity index is 581. The third-order valence-electron chi connectivity index (χ3n) is 3.90. The van der Waals surface area contributed by atoms with Gasteiger partial charge in [0.25, 0.3) is 5.91 Å². The summed E-state index contributed by atoms with van der Waals surface area (Å²) in [5.74, 6) is -0.204. The predicted octanol–water partition coefficient (Wildman–Crippen LogP) is 2.16. The van der Waals surface area contributed by atoms with Gasteiger partial charge < -0.3 is 14.5 Å². The van der Waals surface area contributed by atoms with Crippen molar-refractivity contribution < 1.29 is 18.7 Å². The predicted molar refractivity (Wildman–Crippen MR) is 84.9 cm³/mol. The Labute approximate surface area is 136 Å². The van der Waals surface area contributed by atoms with Gasteiger partial charge in [-0.3, -0.25) is 9.59 Å². The van der Waals surface area contributed by atoms with E-state index in [4.69, 9.17) is 4.74 Å². The van der Waals surface area contributed by atoms with E-state index >= 15 is 0 Å². The quantitative estimate of drug-likeness (QED) is 0.853. The van der Waals surface area contributed by atoms with Crippen molar-refractivity contribution in [3.05, 3.63) is 29.6 Å². The molecule has 1 aromatic carbocycles. The minimum Gasteiger partial charge on any atom is -0.494 e. The lowest BCUT2D eigenvalue weighted by atomic mass is 10.1. The molecule has 1 aliphatic heterocycles. The summed E-state index contributed by atoms with van der Waals surface area (Å²) in [6, 6.07) is 4.20. The molecule has 23 heavy (non-hydrogen) atoms. The van der Waals surface area contributed by atoms with Crippen LogP contribution >= 0.6 is 0 Å². The molecule has 1 saturated heterocycles. The second-order valence-electron chi connectivity index (χ2n) is 6.12. The van der Waals surface area contributed by atoms with Crippen LogP contribution in [-0.4, -0.2) is 54.9 Å². The second kappa shape index (κ2) is 7.44. The van der Waals surface area contributed by atoms with E-state index in [1.165, 1.54) is 19.2 Å². The fourth-order valence-electron chi connectivity index (χ4n) is 2.62. The maximum absolute atomic E-state index is 13.7. The van der Waals surface area contributed by atoms with Gasteiger partial charge in [0.2, 0.25) is 5.91 Å². The molecule has 1 fully saturated rings. The van der Waals surface area contributed by atoms with Crippen LogP contribution in [0.15, 0.2) is 18.2 Å². The molecule has 0 aromatic heterocycles. The highest BCUT2D eigenvalue weighted by Crippen LogP contribution is 2.19. The van der Waals surface area contributed by atoms with Gasteiger partial charge in [-0.15, -0.1) is 0 Å². The highest BCUT2D eigenvalue weighted by Gasteiger charge is 2.25. The number of carbonyl (C=O) groups excluding carboxylic acids is 2. The number of benzene rings is 1. The monoisotopic (exact) mass is 322 g/mol. The first-order chi connectivity index (χ1) is 10.9. The van der Waals surface area contributed by atoms with Crippen molar-refractivity contribution in [2.24, 2.45) is 5.92 Å². The number of carbonyl (C=O) groups is 2. The molecule has 2 amide bonds. The maximum Gasteiger partial charge on any atom is 0.254 e. The van der Waals surface area contributed by atoms with E-state index in [1.54, 1.807) is 15.9 Å². The van der Waals surface area contributed by atoms with Gasteiger partial charge in [-0.2, -0.15) is 0 Å². The van der Waals surface area contributed by atoms with Crippen molar-refractivity contribution in [2.75, 3.05) is 33.3 Å². The standard InChI is InChI=1S/C17H23FN2O3/c1-12(2)10-16(21)19-6-8-20(9-7-19)17(22)13-4-5-15(23-3)14(18)11-13/h4-5,11-12H,6-10H2,1-3H3. The highest BCUT2D eigenvalue weighted by atomic mass is 19.1. The summed E-state index contributed by atoms with van der Waals surface area (Å²) in [5, 5.41) is 0. The molecule has 2 rings (SSSR count). The lowest BCUT2D eigenvalue weighted by molar-refractivity contribution is -0.133. The summed E-state index contributed by atoms with van der Waals surface area (Å²) in [5.41, 5.74) is 0.297. The van der Waals surface area contributed by atoms with Crippen LogP contribution in [0.3, 0.4) is 0 Å². The van der Waals surface area contributed by atoms with Crippen LogP contribution in [0.2, 0.25) is 0 Å². The van der Waals surface area contributed by atoms with Crippen molar-refractivity contribution >= 4 is 11.8 Å². The van der Waals surface area contributed by atoms with E-state index in [0.29, 0.717) is 44.1 Å². The van der Waals surface area contributed by atoms with Crippen LogP contribution in [0.25, 0.3) is 0 Å². The second-order valence-corrected chi connectivity index (χ2v) is 6.12. The van der Waals surface area contributed by atoms with Gasteiger partial charge in [0, 0.05) is 38.2 Å².